The SMILES string of the molecule is CC(=O)Nc1cccc2c1C(=O)OC21c2ccc(O)cc2Oc2cc(O)ccc21. The summed E-state index contributed by atoms with van der Waals surface area (Å²) in [6.45, 7) is 1.36. The number of phenols is 2. The minimum absolute atomic E-state index is 0.0148. The molecule has 0 unspecified atom stereocenters. The van der Waals surface area contributed by atoms with Crippen LogP contribution >= 0.6 is 0 Å². The van der Waals surface area contributed by atoms with Crippen LogP contribution in [0.25, 0.3) is 0 Å². The van der Waals surface area contributed by atoms with Crippen molar-refractivity contribution in [1.82, 2.24) is 0 Å². The summed E-state index contributed by atoms with van der Waals surface area (Å²) in [7, 11) is 0. The monoisotopic (exact) mass is 389 g/mol. The lowest BCUT2D eigenvalue weighted by atomic mass is 9.77. The van der Waals surface area contributed by atoms with Crippen LogP contribution < -0.4 is 10.1 Å². The molecule has 0 fully saturated rings. The highest BCUT2D eigenvalue weighted by Gasteiger charge is 2.54. The highest BCUT2D eigenvalue weighted by atomic mass is 16.6. The smallest absolute Gasteiger partial charge is 0.342 e. The van der Waals surface area contributed by atoms with E-state index < -0.39 is 11.6 Å². The third-order valence-electron chi connectivity index (χ3n) is 5.11. The van der Waals surface area contributed by atoms with Crippen molar-refractivity contribution >= 4 is 17.6 Å². The van der Waals surface area contributed by atoms with Crippen molar-refractivity contribution in [2.24, 2.45) is 0 Å². The molecule has 0 bridgehead atoms. The van der Waals surface area contributed by atoms with Crippen molar-refractivity contribution < 1.29 is 29.3 Å². The maximum Gasteiger partial charge on any atom is 0.342 e. The average Bonchev–Trinajstić information content (AvgIpc) is 2.95. The number of carbonyl (C=O) groups is 2. The first-order chi connectivity index (χ1) is 13.9. The molecule has 2 aliphatic rings. The molecule has 1 amide bonds. The highest BCUT2D eigenvalue weighted by Crippen LogP contribution is 2.57. The first-order valence-electron chi connectivity index (χ1n) is 8.89. The number of esters is 1. The fraction of sp³-hybridized carbons (Fsp3) is 0.0909. The molecule has 3 aromatic carbocycles. The van der Waals surface area contributed by atoms with Crippen LogP contribution in [-0.2, 0) is 15.1 Å². The van der Waals surface area contributed by atoms with Gasteiger partial charge in [-0.25, -0.2) is 4.79 Å². The zero-order chi connectivity index (χ0) is 20.3. The number of nitrogens with one attached hydrogen (secondary N) is 1. The molecule has 0 radical (unpaired) electrons. The van der Waals surface area contributed by atoms with E-state index in [4.69, 9.17) is 9.47 Å². The van der Waals surface area contributed by atoms with E-state index in [0.29, 0.717) is 33.9 Å². The minimum Gasteiger partial charge on any atom is -0.508 e. The molecule has 1 spiro atoms. The van der Waals surface area contributed by atoms with Crippen LogP contribution in [0.4, 0.5) is 5.69 Å². The molecule has 7 heteroatoms. The summed E-state index contributed by atoms with van der Waals surface area (Å²) in [5, 5.41) is 22.5. The van der Waals surface area contributed by atoms with Crippen LogP contribution in [0.15, 0.2) is 54.6 Å². The lowest BCUT2D eigenvalue weighted by Crippen LogP contribution is -2.32. The summed E-state index contributed by atoms with van der Waals surface area (Å²) < 4.78 is 11.9. The average molecular weight is 389 g/mol. The number of fused-ring (bicyclic) bond motifs is 6. The van der Waals surface area contributed by atoms with Crippen molar-refractivity contribution in [3.8, 4) is 23.0 Å². The second-order valence-electron chi connectivity index (χ2n) is 6.94. The molecule has 0 saturated heterocycles. The van der Waals surface area contributed by atoms with Gasteiger partial charge in [-0.2, -0.15) is 0 Å². The molecule has 7 nitrogen and oxygen atoms in total. The van der Waals surface area contributed by atoms with E-state index in [0.717, 1.165) is 0 Å². The van der Waals surface area contributed by atoms with Gasteiger partial charge in [0, 0.05) is 35.7 Å². The number of aromatic hydroxyl groups is 2. The first-order valence-corrected chi connectivity index (χ1v) is 8.89. The summed E-state index contributed by atoms with van der Waals surface area (Å²) in [5.74, 6) is -0.334. The molecule has 5 rings (SSSR count). The molecular weight excluding hydrogens is 374 g/mol. The van der Waals surface area contributed by atoms with Crippen LogP contribution in [-0.4, -0.2) is 22.1 Å². The van der Waals surface area contributed by atoms with E-state index in [2.05, 4.69) is 5.32 Å². The molecule has 0 aromatic heterocycles. The van der Waals surface area contributed by atoms with E-state index in [1.807, 2.05) is 0 Å². The van der Waals surface area contributed by atoms with Gasteiger partial charge in [-0.15, -0.1) is 0 Å². The van der Waals surface area contributed by atoms with Gasteiger partial charge in [0.25, 0.3) is 0 Å². The van der Waals surface area contributed by atoms with Gasteiger partial charge in [0.2, 0.25) is 5.91 Å². The van der Waals surface area contributed by atoms with Crippen LogP contribution in [0.3, 0.4) is 0 Å². The maximum atomic E-state index is 13.0. The highest BCUT2D eigenvalue weighted by molar-refractivity contribution is 6.05. The first kappa shape index (κ1) is 17.1. The molecule has 0 aliphatic carbocycles. The Balaban J connectivity index is 1.86. The Hall–Kier alpha value is -4.00. The zero-order valence-electron chi connectivity index (χ0n) is 15.2. The lowest BCUT2D eigenvalue weighted by Gasteiger charge is -2.36. The quantitative estimate of drug-likeness (QED) is 0.549. The summed E-state index contributed by atoms with van der Waals surface area (Å²) in [6, 6.07) is 14.2. The summed E-state index contributed by atoms with van der Waals surface area (Å²) in [6.07, 6.45) is 0. The van der Waals surface area contributed by atoms with Gasteiger partial charge >= 0.3 is 5.97 Å². The second kappa shape index (κ2) is 5.75. The molecule has 3 N–H and O–H groups in total. The normalized spacial score (nSPS) is 15.0. The third kappa shape index (κ3) is 2.30. The lowest BCUT2D eigenvalue weighted by molar-refractivity contribution is -0.114. The van der Waals surface area contributed by atoms with Crippen molar-refractivity contribution in [1.29, 1.82) is 0 Å². The number of hydrogen-bond donors (Lipinski definition) is 3. The zero-order valence-corrected chi connectivity index (χ0v) is 15.2. The van der Waals surface area contributed by atoms with Crippen molar-refractivity contribution in [2.75, 3.05) is 5.32 Å². The Bertz CT molecular complexity index is 1160. The number of phenolic OH excluding ortho intramolecular Hbond substituents is 2. The number of rotatable bonds is 1. The van der Waals surface area contributed by atoms with E-state index in [1.54, 1.807) is 30.3 Å². The molecule has 2 heterocycles. The van der Waals surface area contributed by atoms with Gasteiger partial charge < -0.3 is 25.0 Å². The number of benzene rings is 3. The van der Waals surface area contributed by atoms with Crippen LogP contribution in [0.2, 0.25) is 0 Å². The molecule has 144 valence electrons. The van der Waals surface area contributed by atoms with E-state index >= 15 is 0 Å². The van der Waals surface area contributed by atoms with E-state index in [1.165, 1.54) is 31.2 Å². The second-order valence-corrected chi connectivity index (χ2v) is 6.94. The number of ether oxygens (including phenoxy) is 2. The van der Waals surface area contributed by atoms with Crippen molar-refractivity contribution in [3.63, 3.8) is 0 Å². The topological polar surface area (TPSA) is 105 Å². The van der Waals surface area contributed by atoms with Gasteiger partial charge in [-0.1, -0.05) is 12.1 Å². The van der Waals surface area contributed by atoms with Gasteiger partial charge in [0.15, 0.2) is 5.60 Å². The minimum atomic E-state index is -1.34. The Labute approximate surface area is 165 Å². The molecule has 29 heavy (non-hydrogen) atoms. The summed E-state index contributed by atoms with van der Waals surface area (Å²) in [5.41, 5.74) is 0.856. The van der Waals surface area contributed by atoms with Gasteiger partial charge in [-0.05, 0) is 30.3 Å². The van der Waals surface area contributed by atoms with Crippen LogP contribution in [0.1, 0.15) is 34.0 Å². The Morgan fingerprint density at radius 1 is 0.931 bits per heavy atom. The van der Waals surface area contributed by atoms with Crippen molar-refractivity contribution in [3.05, 3.63) is 76.9 Å². The van der Waals surface area contributed by atoms with E-state index in [-0.39, 0.29) is 23.0 Å². The van der Waals surface area contributed by atoms with Crippen molar-refractivity contribution in [2.45, 2.75) is 12.5 Å². The Morgan fingerprint density at radius 3 is 2.14 bits per heavy atom. The van der Waals surface area contributed by atoms with Crippen LogP contribution in [0.5, 0.6) is 23.0 Å². The molecule has 2 aliphatic heterocycles. The number of carbonyl (C=O) groups excluding carboxylic acids is 2. The van der Waals surface area contributed by atoms with Crippen LogP contribution in [0, 0.1) is 0 Å². The fourth-order valence-corrected chi connectivity index (χ4v) is 4.04. The summed E-state index contributed by atoms with van der Waals surface area (Å²) in [4.78, 5) is 24.6. The molecule has 0 saturated carbocycles. The molecule has 0 atom stereocenters. The maximum absolute atomic E-state index is 13.0. The Morgan fingerprint density at radius 2 is 1.55 bits per heavy atom. The van der Waals surface area contributed by atoms with Gasteiger partial charge in [0.1, 0.15) is 23.0 Å². The predicted octanol–water partition coefficient (Wildman–Crippen LogP) is 3.62. The number of amides is 1. The number of hydrogen-bond acceptors (Lipinski definition) is 6. The summed E-state index contributed by atoms with van der Waals surface area (Å²) >= 11 is 0. The molecule has 3 aromatic rings. The Kier molecular flexibility index (Phi) is 3.39. The number of anilines is 1. The van der Waals surface area contributed by atoms with Gasteiger partial charge in [-0.3, -0.25) is 4.79 Å². The van der Waals surface area contributed by atoms with E-state index in [9.17, 15) is 19.8 Å². The predicted molar refractivity (Wildman–Crippen MR) is 102 cm³/mol. The largest absolute Gasteiger partial charge is 0.508 e. The third-order valence-corrected chi connectivity index (χ3v) is 5.11. The van der Waals surface area contributed by atoms with Gasteiger partial charge in [0.05, 0.1) is 11.3 Å². The molecular formula is C22H15NO6. The standard InChI is InChI=1S/C22H15NO6/c1-11(24)23-17-4-2-3-16-20(17)21(27)29-22(16)14-7-5-12(25)9-18(14)28-19-10-13(26)6-8-15(19)22/h2-10,25-26H,1H3,(H,23,24). The fourth-order valence-electron chi connectivity index (χ4n) is 4.04.